The highest BCUT2D eigenvalue weighted by atomic mass is 19.1. The predicted octanol–water partition coefficient (Wildman–Crippen LogP) is 1.81. The highest BCUT2D eigenvalue weighted by Crippen LogP contribution is 2.09. The molecule has 1 N–H and O–H groups in total. The maximum absolute atomic E-state index is 12.9. The maximum atomic E-state index is 12.9. The summed E-state index contributed by atoms with van der Waals surface area (Å²) in [6, 6.07) is 6.16. The first-order valence-electron chi connectivity index (χ1n) is 4.56. The molecule has 0 saturated heterocycles. The van der Waals surface area contributed by atoms with Gasteiger partial charge in [0.05, 0.1) is 18.2 Å². The molecule has 1 aromatic carbocycles. The topological polar surface area (TPSA) is 35.8 Å². The summed E-state index contributed by atoms with van der Waals surface area (Å²) in [6.45, 7) is 2.75. The van der Waals surface area contributed by atoms with Crippen LogP contribution in [0.2, 0.25) is 0 Å². The highest BCUT2D eigenvalue weighted by molar-refractivity contribution is 5.37. The van der Waals surface area contributed by atoms with Gasteiger partial charge >= 0.3 is 0 Å². The molecule has 0 fully saturated rings. The van der Waals surface area contributed by atoms with Gasteiger partial charge in [-0.05, 0) is 30.7 Å². The first kappa shape index (κ1) is 11.2. The van der Waals surface area contributed by atoms with Crippen molar-refractivity contribution in [2.75, 3.05) is 6.54 Å². The quantitative estimate of drug-likeness (QED) is 0.599. The van der Waals surface area contributed by atoms with Crippen molar-refractivity contribution in [3.8, 4) is 17.9 Å². The number of nitriles is 1. The fraction of sp³-hybridized carbons (Fsp3) is 0.250. The zero-order valence-corrected chi connectivity index (χ0v) is 8.47. The van der Waals surface area contributed by atoms with Gasteiger partial charge in [0.1, 0.15) is 5.82 Å². The highest BCUT2D eigenvalue weighted by Gasteiger charge is 2.02. The number of benzene rings is 1. The van der Waals surface area contributed by atoms with E-state index >= 15 is 0 Å². The van der Waals surface area contributed by atoms with Gasteiger partial charge in [0.2, 0.25) is 0 Å². The van der Waals surface area contributed by atoms with Crippen LogP contribution < -0.4 is 5.32 Å². The lowest BCUT2D eigenvalue weighted by Gasteiger charge is -2.03. The lowest BCUT2D eigenvalue weighted by atomic mass is 10.1. The minimum atomic E-state index is -0.327. The number of nitrogens with one attached hydrogen (secondary N) is 1. The minimum absolute atomic E-state index is 0.327. The van der Waals surface area contributed by atoms with E-state index in [0.717, 1.165) is 0 Å². The van der Waals surface area contributed by atoms with Crippen molar-refractivity contribution in [1.82, 2.24) is 5.32 Å². The van der Waals surface area contributed by atoms with Crippen LogP contribution in [-0.4, -0.2) is 6.54 Å². The molecule has 0 aliphatic heterocycles. The Labute approximate surface area is 88.7 Å². The van der Waals surface area contributed by atoms with Gasteiger partial charge in [-0.15, -0.1) is 5.92 Å². The standard InChI is InChI=1S/C12H11FN2/c1-2-3-6-15-9-11-7-12(13)5-4-10(11)8-14/h4-5,7,15H,6,9H2,1H3. The summed E-state index contributed by atoms with van der Waals surface area (Å²) in [5.41, 5.74) is 1.16. The monoisotopic (exact) mass is 202 g/mol. The molecule has 0 aliphatic rings. The van der Waals surface area contributed by atoms with Gasteiger partial charge in [0, 0.05) is 6.54 Å². The van der Waals surface area contributed by atoms with Crippen LogP contribution in [0.3, 0.4) is 0 Å². The van der Waals surface area contributed by atoms with Gasteiger partial charge in [-0.3, -0.25) is 0 Å². The van der Waals surface area contributed by atoms with E-state index in [2.05, 4.69) is 17.2 Å². The third-order valence-electron chi connectivity index (χ3n) is 1.89. The van der Waals surface area contributed by atoms with Crippen LogP contribution in [0.1, 0.15) is 18.1 Å². The zero-order valence-electron chi connectivity index (χ0n) is 8.47. The van der Waals surface area contributed by atoms with Crippen LogP contribution in [0.5, 0.6) is 0 Å². The summed E-state index contributed by atoms with van der Waals surface area (Å²) >= 11 is 0. The Morgan fingerprint density at radius 3 is 2.93 bits per heavy atom. The van der Waals surface area contributed by atoms with Crippen LogP contribution in [0.25, 0.3) is 0 Å². The van der Waals surface area contributed by atoms with Crippen LogP contribution in [-0.2, 0) is 6.54 Å². The molecule has 0 bridgehead atoms. The molecule has 0 saturated carbocycles. The van der Waals surface area contributed by atoms with E-state index in [-0.39, 0.29) is 5.82 Å². The Morgan fingerprint density at radius 2 is 2.27 bits per heavy atom. The molecule has 76 valence electrons. The molecule has 0 heterocycles. The summed E-state index contributed by atoms with van der Waals surface area (Å²) in [7, 11) is 0. The van der Waals surface area contributed by atoms with Crippen molar-refractivity contribution in [2.45, 2.75) is 13.5 Å². The molecule has 0 atom stereocenters. The summed E-state index contributed by atoms with van der Waals surface area (Å²) < 4.78 is 12.9. The van der Waals surface area contributed by atoms with E-state index in [9.17, 15) is 4.39 Å². The predicted molar refractivity (Wildman–Crippen MR) is 56.3 cm³/mol. The Morgan fingerprint density at radius 1 is 1.47 bits per heavy atom. The fourth-order valence-corrected chi connectivity index (χ4v) is 1.17. The van der Waals surface area contributed by atoms with Crippen LogP contribution >= 0.6 is 0 Å². The Balaban J connectivity index is 2.69. The number of hydrogen-bond acceptors (Lipinski definition) is 2. The number of hydrogen-bond donors (Lipinski definition) is 1. The number of rotatable bonds is 3. The second-order valence-electron chi connectivity index (χ2n) is 2.94. The Hall–Kier alpha value is -1.84. The van der Waals surface area contributed by atoms with Crippen LogP contribution in [0.15, 0.2) is 18.2 Å². The fourth-order valence-electron chi connectivity index (χ4n) is 1.17. The molecular weight excluding hydrogens is 191 g/mol. The average molecular weight is 202 g/mol. The van der Waals surface area contributed by atoms with E-state index in [4.69, 9.17) is 5.26 Å². The van der Waals surface area contributed by atoms with Crippen molar-refractivity contribution in [3.63, 3.8) is 0 Å². The molecule has 15 heavy (non-hydrogen) atoms. The maximum Gasteiger partial charge on any atom is 0.123 e. The second-order valence-corrected chi connectivity index (χ2v) is 2.94. The van der Waals surface area contributed by atoms with Crippen LogP contribution in [0, 0.1) is 29.0 Å². The largest absolute Gasteiger partial charge is 0.302 e. The van der Waals surface area contributed by atoms with Gasteiger partial charge < -0.3 is 5.32 Å². The first-order chi connectivity index (χ1) is 7.27. The molecule has 0 unspecified atom stereocenters. The molecule has 3 heteroatoms. The third kappa shape index (κ3) is 3.42. The van der Waals surface area contributed by atoms with E-state index < -0.39 is 0 Å². The van der Waals surface area contributed by atoms with Gasteiger partial charge in [-0.1, -0.05) is 5.92 Å². The smallest absolute Gasteiger partial charge is 0.123 e. The molecule has 1 rings (SSSR count). The summed E-state index contributed by atoms with van der Waals surface area (Å²) in [4.78, 5) is 0. The van der Waals surface area contributed by atoms with Crippen molar-refractivity contribution in [1.29, 1.82) is 5.26 Å². The lowest BCUT2D eigenvalue weighted by molar-refractivity contribution is 0.622. The van der Waals surface area contributed by atoms with Crippen molar-refractivity contribution < 1.29 is 4.39 Å². The van der Waals surface area contributed by atoms with E-state index in [0.29, 0.717) is 24.2 Å². The van der Waals surface area contributed by atoms with E-state index in [1.807, 2.05) is 6.07 Å². The molecule has 0 spiro atoms. The molecule has 0 aromatic heterocycles. The van der Waals surface area contributed by atoms with Gasteiger partial charge in [-0.2, -0.15) is 5.26 Å². The summed E-state index contributed by atoms with van der Waals surface area (Å²) in [5, 5.41) is 11.8. The third-order valence-corrected chi connectivity index (χ3v) is 1.89. The number of nitrogens with zero attached hydrogens (tertiary/aromatic N) is 1. The zero-order chi connectivity index (χ0) is 11.1. The molecule has 2 nitrogen and oxygen atoms in total. The number of halogens is 1. The Bertz CT molecular complexity index is 435. The Kier molecular flexibility index (Phi) is 4.34. The van der Waals surface area contributed by atoms with Crippen molar-refractivity contribution >= 4 is 0 Å². The van der Waals surface area contributed by atoms with E-state index in [1.165, 1.54) is 18.2 Å². The molecule has 1 aromatic rings. The summed E-state index contributed by atoms with van der Waals surface area (Å²) in [5.74, 6) is 5.25. The first-order valence-corrected chi connectivity index (χ1v) is 4.56. The average Bonchev–Trinajstić information content (AvgIpc) is 2.25. The van der Waals surface area contributed by atoms with Crippen LogP contribution in [0.4, 0.5) is 4.39 Å². The minimum Gasteiger partial charge on any atom is -0.302 e. The molecular formula is C12H11FN2. The van der Waals surface area contributed by atoms with Crippen molar-refractivity contribution in [2.24, 2.45) is 0 Å². The molecule has 0 aliphatic carbocycles. The van der Waals surface area contributed by atoms with Gasteiger partial charge in [-0.25, -0.2) is 4.39 Å². The van der Waals surface area contributed by atoms with Gasteiger partial charge in [0.15, 0.2) is 0 Å². The lowest BCUT2D eigenvalue weighted by Crippen LogP contribution is -2.14. The van der Waals surface area contributed by atoms with Gasteiger partial charge in [0.25, 0.3) is 0 Å². The van der Waals surface area contributed by atoms with E-state index in [1.54, 1.807) is 6.92 Å². The van der Waals surface area contributed by atoms with Crippen molar-refractivity contribution in [3.05, 3.63) is 35.1 Å². The second kappa shape index (κ2) is 5.80. The summed E-state index contributed by atoms with van der Waals surface area (Å²) in [6.07, 6.45) is 0. The molecule has 0 amide bonds. The molecule has 0 radical (unpaired) electrons. The SMILES string of the molecule is CC#CCNCc1cc(F)ccc1C#N. The normalized spacial score (nSPS) is 8.87.